The topological polar surface area (TPSA) is 72.5 Å². The number of nitrogens with two attached hydrogens (primary N) is 1. The number of nitrogens with zero attached hydrogens (tertiary/aromatic N) is 3. The van der Waals surface area contributed by atoms with Gasteiger partial charge in [-0.25, -0.2) is 9.97 Å². The van der Waals surface area contributed by atoms with Crippen LogP contribution in [0.15, 0.2) is 30.5 Å². The highest BCUT2D eigenvalue weighted by molar-refractivity contribution is 5.78. The van der Waals surface area contributed by atoms with Crippen LogP contribution in [-0.4, -0.2) is 19.5 Å². The van der Waals surface area contributed by atoms with Crippen LogP contribution < -0.4 is 5.73 Å². The summed E-state index contributed by atoms with van der Waals surface area (Å²) >= 11 is 0. The van der Waals surface area contributed by atoms with Gasteiger partial charge in [-0.15, -0.1) is 0 Å². The van der Waals surface area contributed by atoms with E-state index in [1.165, 1.54) is 0 Å². The molecule has 0 saturated carbocycles. The van der Waals surface area contributed by atoms with Gasteiger partial charge in [0.25, 0.3) is 0 Å². The van der Waals surface area contributed by atoms with E-state index in [1.807, 2.05) is 35.9 Å². The lowest BCUT2D eigenvalue weighted by Gasteiger charge is -1.94. The molecule has 0 aliphatic carbocycles. The van der Waals surface area contributed by atoms with Crippen molar-refractivity contribution in [3.8, 4) is 11.6 Å². The van der Waals surface area contributed by atoms with Gasteiger partial charge < -0.3 is 15.3 Å². The lowest BCUT2D eigenvalue weighted by atomic mass is 10.3. The van der Waals surface area contributed by atoms with Crippen LogP contribution in [0.4, 0.5) is 5.82 Å². The molecule has 2 heterocycles. The van der Waals surface area contributed by atoms with E-state index in [9.17, 15) is 0 Å². The number of benzene rings is 1. The van der Waals surface area contributed by atoms with Crippen LogP contribution in [0.3, 0.4) is 0 Å². The second kappa shape index (κ2) is 3.10. The smallest absolute Gasteiger partial charge is 0.178 e. The van der Waals surface area contributed by atoms with Crippen molar-refractivity contribution in [2.45, 2.75) is 0 Å². The third kappa shape index (κ3) is 1.25. The van der Waals surface area contributed by atoms with E-state index in [-0.39, 0.29) is 0 Å². The van der Waals surface area contributed by atoms with Gasteiger partial charge in [0.2, 0.25) is 0 Å². The van der Waals surface area contributed by atoms with Crippen LogP contribution in [0.1, 0.15) is 0 Å². The zero-order valence-corrected chi connectivity index (χ0v) is 8.81. The predicted molar refractivity (Wildman–Crippen MR) is 62.7 cm³/mol. The second-order valence-corrected chi connectivity index (χ2v) is 3.70. The number of nitrogen functional groups attached to an aromatic ring is 1. The predicted octanol–water partition coefficient (Wildman–Crippen LogP) is 1.55. The van der Waals surface area contributed by atoms with Gasteiger partial charge in [0, 0.05) is 13.2 Å². The molecule has 0 unspecified atom stereocenters. The molecular formula is C11H11N5. The number of hydrogen-bond donors (Lipinski definition) is 2. The second-order valence-electron chi connectivity index (χ2n) is 3.70. The van der Waals surface area contributed by atoms with Crippen molar-refractivity contribution in [2.24, 2.45) is 7.05 Å². The normalized spacial score (nSPS) is 11.1. The minimum Gasteiger partial charge on any atom is -0.382 e. The monoisotopic (exact) mass is 213 g/mol. The lowest BCUT2D eigenvalue weighted by Crippen LogP contribution is -1.92. The number of aryl methyl sites for hydroxylation is 1. The van der Waals surface area contributed by atoms with E-state index in [2.05, 4.69) is 15.0 Å². The highest BCUT2D eigenvalue weighted by atomic mass is 15.1. The van der Waals surface area contributed by atoms with E-state index in [0.717, 1.165) is 22.7 Å². The quantitative estimate of drug-likeness (QED) is 0.644. The number of fused-ring (bicyclic) bond motifs is 1. The molecule has 0 spiro atoms. The summed E-state index contributed by atoms with van der Waals surface area (Å²) in [4.78, 5) is 11.9. The average Bonchev–Trinajstić information content (AvgIpc) is 2.81. The van der Waals surface area contributed by atoms with Gasteiger partial charge in [-0.2, -0.15) is 0 Å². The van der Waals surface area contributed by atoms with E-state index < -0.39 is 0 Å². The maximum Gasteiger partial charge on any atom is 0.178 e. The van der Waals surface area contributed by atoms with Gasteiger partial charge in [-0.3, -0.25) is 0 Å². The van der Waals surface area contributed by atoms with Crippen molar-refractivity contribution >= 4 is 16.9 Å². The standard InChI is InChI=1S/C11H11N5/c1-16-6-9(12)15-11(16)10-13-7-4-2-3-5-8(7)14-10/h2-6H,12H2,1H3,(H,13,14). The molecule has 5 nitrogen and oxygen atoms in total. The molecule has 0 aliphatic heterocycles. The van der Waals surface area contributed by atoms with Crippen molar-refractivity contribution in [1.82, 2.24) is 19.5 Å². The molecule has 3 rings (SSSR count). The molecule has 3 N–H and O–H groups in total. The first-order valence-electron chi connectivity index (χ1n) is 4.98. The molecule has 0 fully saturated rings. The Morgan fingerprint density at radius 3 is 2.75 bits per heavy atom. The summed E-state index contributed by atoms with van der Waals surface area (Å²) in [5, 5.41) is 0. The molecule has 0 amide bonds. The molecule has 2 aromatic heterocycles. The lowest BCUT2D eigenvalue weighted by molar-refractivity contribution is 0.913. The fourth-order valence-electron chi connectivity index (χ4n) is 1.77. The molecule has 0 radical (unpaired) electrons. The first kappa shape index (κ1) is 8.96. The number of H-pyrrole nitrogens is 1. The van der Waals surface area contributed by atoms with Crippen molar-refractivity contribution in [3.05, 3.63) is 30.5 Å². The number of aromatic amines is 1. The summed E-state index contributed by atoms with van der Waals surface area (Å²) in [5.41, 5.74) is 7.57. The van der Waals surface area contributed by atoms with Crippen molar-refractivity contribution < 1.29 is 0 Å². The fourth-order valence-corrected chi connectivity index (χ4v) is 1.77. The summed E-state index contributed by atoms with van der Waals surface area (Å²) in [6, 6.07) is 7.87. The molecule has 0 atom stereocenters. The van der Waals surface area contributed by atoms with Crippen LogP contribution in [0, 0.1) is 0 Å². The van der Waals surface area contributed by atoms with Gasteiger partial charge in [-0.05, 0) is 12.1 Å². The molecule has 1 aromatic carbocycles. The maximum absolute atomic E-state index is 5.64. The SMILES string of the molecule is Cn1cc(N)nc1-c1nc2ccccc2[nH]1. The van der Waals surface area contributed by atoms with Gasteiger partial charge in [0.05, 0.1) is 11.0 Å². The van der Waals surface area contributed by atoms with Crippen molar-refractivity contribution in [2.75, 3.05) is 5.73 Å². The number of para-hydroxylation sites is 2. The number of nitrogens with one attached hydrogen (secondary N) is 1. The Hall–Kier alpha value is -2.30. The van der Waals surface area contributed by atoms with Gasteiger partial charge in [-0.1, -0.05) is 12.1 Å². The van der Waals surface area contributed by atoms with Crippen LogP contribution >= 0.6 is 0 Å². The highest BCUT2D eigenvalue weighted by Gasteiger charge is 2.10. The summed E-state index contributed by atoms with van der Waals surface area (Å²) in [6.07, 6.45) is 1.77. The molecule has 16 heavy (non-hydrogen) atoms. The number of hydrogen-bond acceptors (Lipinski definition) is 3. The average molecular weight is 213 g/mol. The first-order valence-corrected chi connectivity index (χ1v) is 4.98. The highest BCUT2D eigenvalue weighted by Crippen LogP contribution is 2.19. The first-order chi connectivity index (χ1) is 7.74. The van der Waals surface area contributed by atoms with Gasteiger partial charge in [0.15, 0.2) is 11.6 Å². The number of imidazole rings is 2. The third-order valence-electron chi connectivity index (χ3n) is 2.50. The van der Waals surface area contributed by atoms with Crippen molar-refractivity contribution in [3.63, 3.8) is 0 Å². The summed E-state index contributed by atoms with van der Waals surface area (Å²) in [5.74, 6) is 1.98. The third-order valence-corrected chi connectivity index (χ3v) is 2.50. The number of rotatable bonds is 1. The summed E-state index contributed by atoms with van der Waals surface area (Å²) in [7, 11) is 1.89. The van der Waals surface area contributed by atoms with E-state index in [0.29, 0.717) is 5.82 Å². The fraction of sp³-hybridized carbons (Fsp3) is 0.0909. The van der Waals surface area contributed by atoms with Gasteiger partial charge in [0.1, 0.15) is 5.82 Å². The largest absolute Gasteiger partial charge is 0.382 e. The zero-order valence-electron chi connectivity index (χ0n) is 8.81. The van der Waals surface area contributed by atoms with Gasteiger partial charge >= 0.3 is 0 Å². The van der Waals surface area contributed by atoms with Crippen molar-refractivity contribution in [1.29, 1.82) is 0 Å². The van der Waals surface area contributed by atoms with E-state index in [1.54, 1.807) is 6.20 Å². The van der Waals surface area contributed by atoms with E-state index >= 15 is 0 Å². The van der Waals surface area contributed by atoms with E-state index in [4.69, 9.17) is 5.73 Å². The zero-order chi connectivity index (χ0) is 11.1. The van der Waals surface area contributed by atoms with Crippen LogP contribution in [0.25, 0.3) is 22.7 Å². The number of anilines is 1. The molecule has 80 valence electrons. The summed E-state index contributed by atoms with van der Waals surface area (Å²) in [6.45, 7) is 0. The molecule has 0 bridgehead atoms. The number of aromatic nitrogens is 4. The Labute approximate surface area is 91.9 Å². The Morgan fingerprint density at radius 1 is 1.25 bits per heavy atom. The summed E-state index contributed by atoms with van der Waals surface area (Å²) < 4.78 is 1.85. The molecule has 0 saturated heterocycles. The minimum absolute atomic E-state index is 0.498. The maximum atomic E-state index is 5.64. The molecular weight excluding hydrogens is 202 g/mol. The minimum atomic E-state index is 0.498. The Morgan fingerprint density at radius 2 is 2.06 bits per heavy atom. The van der Waals surface area contributed by atoms with Crippen LogP contribution in [-0.2, 0) is 7.05 Å². The molecule has 5 heteroatoms. The Kier molecular flexibility index (Phi) is 1.73. The van der Waals surface area contributed by atoms with Crippen LogP contribution in [0.2, 0.25) is 0 Å². The Balaban J connectivity index is 2.22. The molecule has 3 aromatic rings. The van der Waals surface area contributed by atoms with Crippen LogP contribution in [0.5, 0.6) is 0 Å². The Bertz CT molecular complexity index is 616. The molecule has 0 aliphatic rings.